The number of hydrogen-bond acceptors (Lipinski definition) is 4. The van der Waals surface area contributed by atoms with Gasteiger partial charge in [0, 0.05) is 32.1 Å². The Morgan fingerprint density at radius 2 is 1.92 bits per heavy atom. The van der Waals surface area contributed by atoms with Crippen LogP contribution in [0.1, 0.15) is 56.6 Å². The molecule has 5 nitrogen and oxygen atoms in total. The summed E-state index contributed by atoms with van der Waals surface area (Å²) in [5.41, 5.74) is 13.2. The van der Waals surface area contributed by atoms with E-state index in [1.54, 1.807) is 0 Å². The van der Waals surface area contributed by atoms with Crippen LogP contribution in [0, 0.1) is 5.82 Å². The number of nitrogens with one attached hydrogen (secondary N) is 2. The Balaban J connectivity index is 0.00000338. The number of nitrogens with zero attached hydrogens (tertiary/aromatic N) is 1. The maximum Gasteiger partial charge on any atom is 0.222 e. The van der Waals surface area contributed by atoms with Crippen LogP contribution in [0.5, 0.6) is 0 Å². The Morgan fingerprint density at radius 3 is 2.62 bits per heavy atom. The summed E-state index contributed by atoms with van der Waals surface area (Å²) in [6.45, 7) is 1.39. The Hall–Kier alpha value is -1.21. The second-order valence-electron chi connectivity index (χ2n) is 6.88. The third-order valence-corrected chi connectivity index (χ3v) is 4.82. The molecule has 1 aliphatic heterocycles. The van der Waals surface area contributed by atoms with Crippen LogP contribution in [-0.2, 0) is 4.79 Å². The smallest absolute Gasteiger partial charge is 0.222 e. The van der Waals surface area contributed by atoms with E-state index < -0.39 is 0 Å². The van der Waals surface area contributed by atoms with Gasteiger partial charge in [0.1, 0.15) is 5.82 Å². The Morgan fingerprint density at radius 1 is 1.19 bits per heavy atom. The summed E-state index contributed by atoms with van der Waals surface area (Å²) in [5.74, 6) is -0.00742. The molecule has 0 aliphatic carbocycles. The average molecular weight is 387 g/mol. The first kappa shape index (κ1) is 22.8. The summed E-state index contributed by atoms with van der Waals surface area (Å²) >= 11 is 0. The SMILES string of the molecule is CN(CCCCCC1CC(c2ccc(F)cc2)NN1)C(=O)CCCN.Cl. The number of nitrogens with two attached hydrogens (primary N) is 1. The van der Waals surface area contributed by atoms with E-state index in [9.17, 15) is 9.18 Å². The van der Waals surface area contributed by atoms with E-state index in [1.165, 1.54) is 12.1 Å². The number of amides is 1. The summed E-state index contributed by atoms with van der Waals surface area (Å²) in [7, 11) is 1.87. The van der Waals surface area contributed by atoms with Crippen molar-refractivity contribution in [3.05, 3.63) is 35.6 Å². The molecule has 7 heteroatoms. The number of carbonyl (C=O) groups excluding carboxylic acids is 1. The van der Waals surface area contributed by atoms with E-state index in [0.29, 0.717) is 19.0 Å². The molecule has 0 spiro atoms. The van der Waals surface area contributed by atoms with Crippen LogP contribution in [0.4, 0.5) is 4.39 Å². The number of halogens is 2. The number of carbonyl (C=O) groups is 1. The van der Waals surface area contributed by atoms with Crippen molar-refractivity contribution in [2.45, 2.75) is 57.0 Å². The quantitative estimate of drug-likeness (QED) is 0.541. The minimum absolute atomic E-state index is 0. The van der Waals surface area contributed by atoms with E-state index in [0.717, 1.165) is 50.6 Å². The second-order valence-corrected chi connectivity index (χ2v) is 6.88. The normalized spacial score (nSPS) is 19.2. The summed E-state index contributed by atoms with van der Waals surface area (Å²) in [4.78, 5) is 13.6. The fourth-order valence-electron chi connectivity index (χ4n) is 3.21. The zero-order chi connectivity index (χ0) is 18.1. The standard InChI is InChI=1S/C19H31FN4O.ClH/c1-24(19(25)7-5-12-21)13-4-2-3-6-17-14-18(23-22-17)15-8-10-16(20)11-9-15;/h8-11,17-18,22-23H,2-7,12-14,21H2,1H3;1H. The van der Waals surface area contributed by atoms with Crippen molar-refractivity contribution in [3.8, 4) is 0 Å². The molecule has 2 atom stereocenters. The topological polar surface area (TPSA) is 70.4 Å². The van der Waals surface area contributed by atoms with Gasteiger partial charge in [-0.1, -0.05) is 25.0 Å². The maximum absolute atomic E-state index is 13.0. The van der Waals surface area contributed by atoms with Crippen molar-refractivity contribution in [1.29, 1.82) is 0 Å². The fraction of sp³-hybridized carbons (Fsp3) is 0.632. The lowest BCUT2D eigenvalue weighted by Crippen LogP contribution is -2.30. The molecular weight excluding hydrogens is 355 g/mol. The number of hydrazine groups is 1. The van der Waals surface area contributed by atoms with Crippen LogP contribution in [0.15, 0.2) is 24.3 Å². The lowest BCUT2D eigenvalue weighted by Gasteiger charge is -2.17. The predicted octanol–water partition coefficient (Wildman–Crippen LogP) is 2.91. The van der Waals surface area contributed by atoms with Crippen LogP contribution in [0.25, 0.3) is 0 Å². The molecule has 148 valence electrons. The maximum atomic E-state index is 13.0. The van der Waals surface area contributed by atoms with Gasteiger partial charge in [0.25, 0.3) is 0 Å². The third-order valence-electron chi connectivity index (χ3n) is 4.82. The van der Waals surface area contributed by atoms with Crippen molar-refractivity contribution in [1.82, 2.24) is 15.8 Å². The van der Waals surface area contributed by atoms with Crippen LogP contribution in [-0.4, -0.2) is 37.0 Å². The molecule has 4 N–H and O–H groups in total. The van der Waals surface area contributed by atoms with Gasteiger partial charge in [-0.15, -0.1) is 12.4 Å². The molecule has 0 bridgehead atoms. The van der Waals surface area contributed by atoms with E-state index >= 15 is 0 Å². The van der Waals surface area contributed by atoms with E-state index in [2.05, 4.69) is 10.9 Å². The number of hydrogen-bond donors (Lipinski definition) is 3. The van der Waals surface area contributed by atoms with E-state index in [4.69, 9.17) is 5.73 Å². The molecule has 1 heterocycles. The van der Waals surface area contributed by atoms with Gasteiger partial charge in [0.05, 0.1) is 0 Å². The van der Waals surface area contributed by atoms with E-state index in [-0.39, 0.29) is 30.2 Å². The molecule has 0 saturated carbocycles. The van der Waals surface area contributed by atoms with Crippen LogP contribution in [0.3, 0.4) is 0 Å². The lowest BCUT2D eigenvalue weighted by molar-refractivity contribution is -0.130. The molecule has 1 aromatic rings. The van der Waals surface area contributed by atoms with Crippen LogP contribution < -0.4 is 16.6 Å². The minimum atomic E-state index is -0.197. The van der Waals surface area contributed by atoms with Crippen molar-refractivity contribution in [2.24, 2.45) is 5.73 Å². The summed E-state index contributed by atoms with van der Waals surface area (Å²) in [6, 6.07) is 7.39. The largest absolute Gasteiger partial charge is 0.346 e. The third kappa shape index (κ3) is 7.58. The Bertz CT molecular complexity index is 529. The zero-order valence-electron chi connectivity index (χ0n) is 15.5. The van der Waals surface area contributed by atoms with Gasteiger partial charge in [0.2, 0.25) is 5.91 Å². The molecular formula is C19H32ClFN4O. The molecule has 1 saturated heterocycles. The number of unbranched alkanes of at least 4 members (excludes halogenated alkanes) is 2. The van der Waals surface area contributed by atoms with Gasteiger partial charge in [-0.2, -0.15) is 0 Å². The molecule has 1 aromatic carbocycles. The first-order valence-electron chi connectivity index (χ1n) is 9.30. The first-order chi connectivity index (χ1) is 12.1. The molecule has 0 aromatic heterocycles. The fourth-order valence-corrected chi connectivity index (χ4v) is 3.21. The summed E-state index contributed by atoms with van der Waals surface area (Å²) in [6.07, 6.45) is 6.73. The Labute approximate surface area is 162 Å². The second kappa shape index (κ2) is 12.2. The van der Waals surface area contributed by atoms with Crippen molar-refractivity contribution >= 4 is 18.3 Å². The zero-order valence-corrected chi connectivity index (χ0v) is 16.4. The molecule has 26 heavy (non-hydrogen) atoms. The van der Waals surface area contributed by atoms with Crippen molar-refractivity contribution in [3.63, 3.8) is 0 Å². The average Bonchev–Trinajstić information content (AvgIpc) is 3.08. The molecule has 1 aliphatic rings. The van der Waals surface area contributed by atoms with Gasteiger partial charge < -0.3 is 10.6 Å². The van der Waals surface area contributed by atoms with Crippen LogP contribution >= 0.6 is 12.4 Å². The Kier molecular flexibility index (Phi) is 10.7. The monoisotopic (exact) mass is 386 g/mol. The van der Waals surface area contributed by atoms with Gasteiger partial charge in [-0.05, 0) is 49.9 Å². The summed E-state index contributed by atoms with van der Waals surface area (Å²) < 4.78 is 13.0. The van der Waals surface area contributed by atoms with Crippen molar-refractivity contribution in [2.75, 3.05) is 20.1 Å². The van der Waals surface area contributed by atoms with E-state index in [1.807, 2.05) is 24.1 Å². The molecule has 2 rings (SSSR count). The van der Waals surface area contributed by atoms with Crippen LogP contribution in [0.2, 0.25) is 0 Å². The highest BCUT2D eigenvalue weighted by atomic mass is 35.5. The predicted molar refractivity (Wildman–Crippen MR) is 105 cm³/mol. The van der Waals surface area contributed by atoms with Gasteiger partial charge >= 0.3 is 0 Å². The first-order valence-corrected chi connectivity index (χ1v) is 9.30. The molecule has 2 unspecified atom stereocenters. The highest BCUT2D eigenvalue weighted by molar-refractivity contribution is 5.85. The highest BCUT2D eigenvalue weighted by Crippen LogP contribution is 2.24. The van der Waals surface area contributed by atoms with Gasteiger partial charge in [-0.3, -0.25) is 15.6 Å². The molecule has 0 radical (unpaired) electrons. The number of rotatable bonds is 10. The van der Waals surface area contributed by atoms with Crippen molar-refractivity contribution < 1.29 is 9.18 Å². The molecule has 1 fully saturated rings. The van der Waals surface area contributed by atoms with Gasteiger partial charge in [-0.25, -0.2) is 4.39 Å². The molecule has 1 amide bonds. The number of benzene rings is 1. The van der Waals surface area contributed by atoms with Gasteiger partial charge in [0.15, 0.2) is 0 Å². The lowest BCUT2D eigenvalue weighted by atomic mass is 9.99. The minimum Gasteiger partial charge on any atom is -0.346 e. The highest BCUT2D eigenvalue weighted by Gasteiger charge is 2.24. The summed E-state index contributed by atoms with van der Waals surface area (Å²) in [5, 5.41) is 0.